The molecule has 6 heteroatoms. The van der Waals surface area contributed by atoms with Gasteiger partial charge in [0.05, 0.1) is 18.2 Å². The summed E-state index contributed by atoms with van der Waals surface area (Å²) < 4.78 is 6.31. The molecule has 1 aromatic heterocycles. The summed E-state index contributed by atoms with van der Waals surface area (Å²) in [6.45, 7) is 1.90. The molecule has 2 heterocycles. The van der Waals surface area contributed by atoms with Crippen molar-refractivity contribution in [2.75, 3.05) is 33.0 Å². The fourth-order valence-electron chi connectivity index (χ4n) is 2.78. The first kappa shape index (κ1) is 14.2. The van der Waals surface area contributed by atoms with Crippen LogP contribution >= 0.6 is 11.3 Å². The molecule has 1 aliphatic heterocycles. The molecule has 1 saturated heterocycles. The van der Waals surface area contributed by atoms with Gasteiger partial charge in [-0.1, -0.05) is 6.07 Å². The van der Waals surface area contributed by atoms with Crippen molar-refractivity contribution in [3.63, 3.8) is 0 Å². The third-order valence-electron chi connectivity index (χ3n) is 3.87. The van der Waals surface area contributed by atoms with Gasteiger partial charge in [0.25, 0.3) is 5.91 Å². The summed E-state index contributed by atoms with van der Waals surface area (Å²) >= 11 is 1.42. The van der Waals surface area contributed by atoms with E-state index in [1.807, 2.05) is 18.2 Å². The highest BCUT2D eigenvalue weighted by Crippen LogP contribution is 2.39. The Morgan fingerprint density at radius 1 is 1.52 bits per heavy atom. The molecule has 5 nitrogen and oxygen atoms in total. The molecule has 1 aliphatic rings. The minimum atomic E-state index is -0.0870. The summed E-state index contributed by atoms with van der Waals surface area (Å²) in [7, 11) is 3.67. The third kappa shape index (κ3) is 2.56. The minimum Gasteiger partial charge on any atom is -0.496 e. The lowest BCUT2D eigenvalue weighted by molar-refractivity contribution is 0.0943. The fourth-order valence-corrected chi connectivity index (χ4v) is 3.83. The number of carbonyl (C=O) groups excluding carboxylic acids is 1. The molecule has 3 rings (SSSR count). The fraction of sp³-hybridized carbons (Fsp3) is 0.400. The number of nitrogens with two attached hydrogens (primary N) is 1. The van der Waals surface area contributed by atoms with E-state index < -0.39 is 0 Å². The Labute approximate surface area is 127 Å². The standard InChI is InChI=1S/C15H19N3O2S/c1-18-7-6-9(8-18)17-15(19)14-13(16)12-10(20-2)4-3-5-11(12)21-14/h3-5,9H,6-8,16H2,1-2H3,(H,17,19). The van der Waals surface area contributed by atoms with Crippen molar-refractivity contribution in [2.45, 2.75) is 12.5 Å². The van der Waals surface area contributed by atoms with Gasteiger partial charge in [0.2, 0.25) is 0 Å². The molecule has 0 radical (unpaired) electrons. The Kier molecular flexibility index (Phi) is 3.73. The molecule has 0 bridgehead atoms. The first-order chi connectivity index (χ1) is 10.1. The number of ether oxygens (including phenoxy) is 1. The molecule has 1 aromatic carbocycles. The number of fused-ring (bicyclic) bond motifs is 1. The Morgan fingerprint density at radius 3 is 3.00 bits per heavy atom. The van der Waals surface area contributed by atoms with Crippen LogP contribution in [0, 0.1) is 0 Å². The summed E-state index contributed by atoms with van der Waals surface area (Å²) in [5, 5.41) is 3.91. The zero-order chi connectivity index (χ0) is 15.0. The number of nitrogens with zero attached hydrogens (tertiary/aromatic N) is 1. The van der Waals surface area contributed by atoms with E-state index in [0.717, 1.165) is 29.6 Å². The van der Waals surface area contributed by atoms with Crippen molar-refractivity contribution < 1.29 is 9.53 Å². The Bertz CT molecular complexity index is 683. The van der Waals surface area contributed by atoms with Gasteiger partial charge in [0, 0.05) is 17.3 Å². The second kappa shape index (κ2) is 5.54. The molecule has 112 valence electrons. The number of thiophene rings is 1. The molecule has 21 heavy (non-hydrogen) atoms. The first-order valence-electron chi connectivity index (χ1n) is 6.94. The number of amides is 1. The minimum absolute atomic E-state index is 0.0870. The zero-order valence-electron chi connectivity index (χ0n) is 12.2. The molecule has 0 spiro atoms. The number of nitrogens with one attached hydrogen (secondary N) is 1. The molecular formula is C15H19N3O2S. The van der Waals surface area contributed by atoms with Crippen LogP contribution in [-0.2, 0) is 0 Å². The van der Waals surface area contributed by atoms with Gasteiger partial charge < -0.3 is 20.7 Å². The van der Waals surface area contributed by atoms with Gasteiger partial charge in [0.1, 0.15) is 10.6 Å². The average molecular weight is 305 g/mol. The highest BCUT2D eigenvalue weighted by Gasteiger charge is 2.24. The van der Waals surface area contributed by atoms with E-state index in [4.69, 9.17) is 10.5 Å². The monoisotopic (exact) mass is 305 g/mol. The maximum absolute atomic E-state index is 12.5. The quantitative estimate of drug-likeness (QED) is 0.909. The normalized spacial score (nSPS) is 19.0. The summed E-state index contributed by atoms with van der Waals surface area (Å²) in [5.74, 6) is 0.622. The lowest BCUT2D eigenvalue weighted by atomic mass is 10.2. The Morgan fingerprint density at radius 2 is 2.33 bits per heavy atom. The van der Waals surface area contributed by atoms with Crippen LogP contribution in [0.2, 0.25) is 0 Å². The smallest absolute Gasteiger partial charge is 0.263 e. The van der Waals surface area contributed by atoms with Crippen molar-refractivity contribution in [2.24, 2.45) is 0 Å². The van der Waals surface area contributed by atoms with E-state index in [1.165, 1.54) is 11.3 Å². The maximum Gasteiger partial charge on any atom is 0.263 e. The predicted octanol–water partition coefficient (Wildman–Crippen LogP) is 1.93. The number of anilines is 1. The lowest BCUT2D eigenvalue weighted by Gasteiger charge is -2.12. The number of carbonyl (C=O) groups is 1. The number of benzene rings is 1. The number of likely N-dealkylation sites (tertiary alicyclic amines) is 1. The van der Waals surface area contributed by atoms with Crippen molar-refractivity contribution >= 4 is 33.0 Å². The van der Waals surface area contributed by atoms with E-state index in [0.29, 0.717) is 16.3 Å². The molecule has 2 aromatic rings. The highest BCUT2D eigenvalue weighted by molar-refractivity contribution is 7.21. The van der Waals surface area contributed by atoms with Gasteiger partial charge in [-0.25, -0.2) is 0 Å². The highest BCUT2D eigenvalue weighted by atomic mass is 32.1. The van der Waals surface area contributed by atoms with Crippen LogP contribution in [0.25, 0.3) is 10.1 Å². The summed E-state index contributed by atoms with van der Waals surface area (Å²) in [6, 6.07) is 5.93. The van der Waals surface area contributed by atoms with Crippen LogP contribution in [0.1, 0.15) is 16.1 Å². The van der Waals surface area contributed by atoms with Crippen molar-refractivity contribution in [1.82, 2.24) is 10.2 Å². The van der Waals surface area contributed by atoms with Crippen LogP contribution in [0.15, 0.2) is 18.2 Å². The van der Waals surface area contributed by atoms with Gasteiger partial charge in [-0.2, -0.15) is 0 Å². The molecule has 3 N–H and O–H groups in total. The van der Waals surface area contributed by atoms with Gasteiger partial charge in [-0.05, 0) is 32.1 Å². The summed E-state index contributed by atoms with van der Waals surface area (Å²) in [5.41, 5.74) is 6.69. The third-order valence-corrected chi connectivity index (χ3v) is 5.04. The zero-order valence-corrected chi connectivity index (χ0v) is 13.0. The van der Waals surface area contributed by atoms with E-state index >= 15 is 0 Å². The number of methoxy groups -OCH3 is 1. The van der Waals surface area contributed by atoms with Crippen molar-refractivity contribution in [3.05, 3.63) is 23.1 Å². The van der Waals surface area contributed by atoms with E-state index in [2.05, 4.69) is 17.3 Å². The number of hydrogen-bond donors (Lipinski definition) is 2. The van der Waals surface area contributed by atoms with Crippen LogP contribution in [0.3, 0.4) is 0 Å². The topological polar surface area (TPSA) is 67.6 Å². The van der Waals surface area contributed by atoms with Crippen LogP contribution in [-0.4, -0.2) is 44.1 Å². The predicted molar refractivity (Wildman–Crippen MR) is 86.2 cm³/mol. The second-order valence-electron chi connectivity index (χ2n) is 5.40. The van der Waals surface area contributed by atoms with Crippen LogP contribution in [0.4, 0.5) is 5.69 Å². The molecule has 1 atom stereocenters. The number of likely N-dealkylation sites (N-methyl/N-ethyl adjacent to an activating group) is 1. The maximum atomic E-state index is 12.5. The van der Waals surface area contributed by atoms with E-state index in [9.17, 15) is 4.79 Å². The largest absolute Gasteiger partial charge is 0.496 e. The van der Waals surface area contributed by atoms with Gasteiger partial charge in [0.15, 0.2) is 0 Å². The van der Waals surface area contributed by atoms with E-state index in [-0.39, 0.29) is 11.9 Å². The number of rotatable bonds is 3. The molecule has 0 saturated carbocycles. The van der Waals surface area contributed by atoms with Crippen molar-refractivity contribution in [3.8, 4) is 5.75 Å². The van der Waals surface area contributed by atoms with Gasteiger partial charge >= 0.3 is 0 Å². The van der Waals surface area contributed by atoms with Crippen LogP contribution < -0.4 is 15.8 Å². The summed E-state index contributed by atoms with van der Waals surface area (Å²) in [6.07, 6.45) is 0.983. The Balaban J connectivity index is 1.90. The molecule has 1 fully saturated rings. The Hall–Kier alpha value is -1.79. The average Bonchev–Trinajstić information content (AvgIpc) is 3.03. The molecular weight excluding hydrogens is 286 g/mol. The number of nitrogen functional groups attached to an aromatic ring is 1. The van der Waals surface area contributed by atoms with Gasteiger partial charge in [-0.15, -0.1) is 11.3 Å². The lowest BCUT2D eigenvalue weighted by Crippen LogP contribution is -2.36. The molecule has 0 aliphatic carbocycles. The second-order valence-corrected chi connectivity index (χ2v) is 6.45. The molecule has 1 unspecified atom stereocenters. The summed E-state index contributed by atoms with van der Waals surface area (Å²) in [4.78, 5) is 15.2. The van der Waals surface area contributed by atoms with Gasteiger partial charge in [-0.3, -0.25) is 4.79 Å². The molecule has 1 amide bonds. The van der Waals surface area contributed by atoms with Crippen molar-refractivity contribution in [1.29, 1.82) is 0 Å². The van der Waals surface area contributed by atoms with Crippen LogP contribution in [0.5, 0.6) is 5.75 Å². The first-order valence-corrected chi connectivity index (χ1v) is 7.76. The SMILES string of the molecule is COc1cccc2sc(C(=O)NC3CCN(C)C3)c(N)c12. The van der Waals surface area contributed by atoms with E-state index in [1.54, 1.807) is 7.11 Å². The number of hydrogen-bond acceptors (Lipinski definition) is 5.